The molecule has 2 aliphatic rings. The van der Waals surface area contributed by atoms with Crippen LogP contribution in [0.5, 0.6) is 0 Å². The van der Waals surface area contributed by atoms with Gasteiger partial charge < -0.3 is 16.0 Å². The van der Waals surface area contributed by atoms with Crippen LogP contribution in [0.25, 0.3) is 10.4 Å². The van der Waals surface area contributed by atoms with Crippen molar-refractivity contribution in [2.24, 2.45) is 5.92 Å². The maximum absolute atomic E-state index is 12.9. The van der Waals surface area contributed by atoms with Crippen molar-refractivity contribution >= 4 is 17.2 Å². The van der Waals surface area contributed by atoms with Gasteiger partial charge in [0.05, 0.1) is 6.54 Å². The number of carbonyl (C=O) groups is 1. The van der Waals surface area contributed by atoms with Crippen LogP contribution in [0.1, 0.15) is 46.1 Å². The lowest BCUT2D eigenvalue weighted by molar-refractivity contribution is 0.0951. The van der Waals surface area contributed by atoms with E-state index in [4.69, 9.17) is 0 Å². The first-order valence-corrected chi connectivity index (χ1v) is 14.2. The molecule has 1 atom stereocenters. The first kappa shape index (κ1) is 25.2. The van der Waals surface area contributed by atoms with Crippen molar-refractivity contribution in [1.29, 1.82) is 0 Å². The minimum absolute atomic E-state index is 0.00404. The van der Waals surface area contributed by atoms with E-state index in [1.54, 1.807) is 11.3 Å². The summed E-state index contributed by atoms with van der Waals surface area (Å²) in [5, 5.41) is 10.1. The molecule has 0 saturated carbocycles. The molecule has 5 rings (SSSR count). The van der Waals surface area contributed by atoms with Gasteiger partial charge in [0, 0.05) is 47.5 Å². The number of rotatable bonds is 8. The van der Waals surface area contributed by atoms with E-state index in [9.17, 15) is 4.79 Å². The molecule has 3 aromatic rings. The van der Waals surface area contributed by atoms with Crippen LogP contribution in [0.3, 0.4) is 0 Å². The Morgan fingerprint density at radius 2 is 1.86 bits per heavy atom. The fourth-order valence-electron chi connectivity index (χ4n) is 5.39. The number of piperidine rings is 1. The number of carbonyl (C=O) groups excluding carboxylic acids is 1. The number of hydrogen-bond donors (Lipinski definition) is 3. The van der Waals surface area contributed by atoms with Gasteiger partial charge in [-0.3, -0.25) is 9.69 Å². The van der Waals surface area contributed by atoms with Gasteiger partial charge in [-0.05, 0) is 92.2 Å². The standard InChI is InChI=1S/C30H38N4OS/c1-22-20-34(15-14-32-22)21-25-5-3-6-26(18-25)29-9-8-28(36-29)19-33-30(35)27-7-2-4-24(17-27)16-23-10-12-31-13-11-23/h2-9,17-18,22-23,31-32H,10-16,19-21H2,1H3,(H,33,35)/t22-/m0/s1. The largest absolute Gasteiger partial charge is 0.347 e. The Hall–Kier alpha value is -2.51. The molecule has 0 unspecified atom stereocenters. The fraction of sp³-hybridized carbons (Fsp3) is 0.433. The van der Waals surface area contributed by atoms with E-state index in [0.29, 0.717) is 18.5 Å². The average Bonchev–Trinajstić information content (AvgIpc) is 3.37. The van der Waals surface area contributed by atoms with E-state index in [0.717, 1.165) is 51.3 Å². The second-order valence-corrected chi connectivity index (χ2v) is 11.5. The molecule has 2 saturated heterocycles. The smallest absolute Gasteiger partial charge is 0.251 e. The van der Waals surface area contributed by atoms with E-state index in [-0.39, 0.29) is 5.91 Å². The first-order chi connectivity index (χ1) is 17.6. The zero-order valence-corrected chi connectivity index (χ0v) is 22.1. The molecule has 0 bridgehead atoms. The van der Waals surface area contributed by atoms with Crippen molar-refractivity contribution in [3.8, 4) is 10.4 Å². The van der Waals surface area contributed by atoms with Crippen LogP contribution in [0.15, 0.2) is 60.7 Å². The third-order valence-corrected chi connectivity index (χ3v) is 8.46. The highest BCUT2D eigenvalue weighted by molar-refractivity contribution is 7.15. The summed E-state index contributed by atoms with van der Waals surface area (Å²) < 4.78 is 0. The Bertz CT molecular complexity index is 1150. The summed E-state index contributed by atoms with van der Waals surface area (Å²) >= 11 is 1.76. The van der Waals surface area contributed by atoms with Gasteiger partial charge in [-0.15, -0.1) is 11.3 Å². The minimum atomic E-state index is 0.00404. The van der Waals surface area contributed by atoms with Gasteiger partial charge in [0.1, 0.15) is 0 Å². The van der Waals surface area contributed by atoms with Crippen LogP contribution in [-0.2, 0) is 19.5 Å². The highest BCUT2D eigenvalue weighted by Crippen LogP contribution is 2.29. The summed E-state index contributed by atoms with van der Waals surface area (Å²) in [6.45, 7) is 9.25. The Labute approximate surface area is 219 Å². The second-order valence-electron chi connectivity index (χ2n) is 10.3. The fourth-order valence-corrected chi connectivity index (χ4v) is 6.34. The molecule has 36 heavy (non-hydrogen) atoms. The summed E-state index contributed by atoms with van der Waals surface area (Å²) in [5.41, 5.74) is 4.63. The quantitative estimate of drug-likeness (QED) is 0.419. The third-order valence-electron chi connectivity index (χ3n) is 7.33. The van der Waals surface area contributed by atoms with Gasteiger partial charge in [-0.2, -0.15) is 0 Å². The molecule has 6 heteroatoms. The monoisotopic (exact) mass is 502 g/mol. The molecule has 2 aliphatic heterocycles. The van der Waals surface area contributed by atoms with E-state index >= 15 is 0 Å². The summed E-state index contributed by atoms with van der Waals surface area (Å²) in [6.07, 6.45) is 3.49. The van der Waals surface area contributed by atoms with E-state index < -0.39 is 0 Å². The van der Waals surface area contributed by atoms with Crippen LogP contribution in [0.2, 0.25) is 0 Å². The van der Waals surface area contributed by atoms with Crippen molar-refractivity contribution < 1.29 is 4.79 Å². The molecule has 190 valence electrons. The number of amides is 1. The molecule has 1 amide bonds. The molecule has 2 fully saturated rings. The Morgan fingerprint density at radius 1 is 1.03 bits per heavy atom. The molecular formula is C30H38N4OS. The lowest BCUT2D eigenvalue weighted by atomic mass is 9.90. The van der Waals surface area contributed by atoms with Crippen molar-refractivity contribution in [2.45, 2.75) is 45.3 Å². The van der Waals surface area contributed by atoms with Crippen LogP contribution in [0, 0.1) is 5.92 Å². The molecule has 1 aromatic heterocycles. The number of thiophene rings is 1. The van der Waals surface area contributed by atoms with E-state index in [1.165, 1.54) is 39.3 Å². The summed E-state index contributed by atoms with van der Waals surface area (Å²) in [4.78, 5) is 17.8. The molecule has 0 spiro atoms. The Kier molecular flexibility index (Phi) is 8.49. The van der Waals surface area contributed by atoms with Gasteiger partial charge in [0.2, 0.25) is 0 Å². The van der Waals surface area contributed by atoms with E-state index in [2.05, 4.69) is 76.3 Å². The number of nitrogens with one attached hydrogen (secondary N) is 3. The molecule has 2 aromatic carbocycles. The molecule has 3 heterocycles. The van der Waals surface area contributed by atoms with Gasteiger partial charge >= 0.3 is 0 Å². The van der Waals surface area contributed by atoms with Gasteiger partial charge in [0.15, 0.2) is 0 Å². The Morgan fingerprint density at radius 3 is 2.72 bits per heavy atom. The topological polar surface area (TPSA) is 56.4 Å². The number of benzene rings is 2. The highest BCUT2D eigenvalue weighted by atomic mass is 32.1. The van der Waals surface area contributed by atoms with Gasteiger partial charge in [0.25, 0.3) is 5.91 Å². The predicted octanol–water partition coefficient (Wildman–Crippen LogP) is 4.68. The SMILES string of the molecule is C[C@H]1CN(Cc2cccc(-c3ccc(CNC(=O)c4cccc(CC5CCNCC5)c4)s3)c2)CCN1. The van der Waals surface area contributed by atoms with Crippen LogP contribution in [0.4, 0.5) is 0 Å². The van der Waals surface area contributed by atoms with Gasteiger partial charge in [-0.1, -0.05) is 30.3 Å². The Balaban J connectivity index is 1.16. The lowest BCUT2D eigenvalue weighted by Gasteiger charge is -2.31. The van der Waals surface area contributed by atoms with Crippen LogP contribution >= 0.6 is 11.3 Å². The van der Waals surface area contributed by atoms with Crippen molar-refractivity contribution in [3.05, 3.63) is 82.2 Å². The van der Waals surface area contributed by atoms with Crippen molar-refractivity contribution in [1.82, 2.24) is 20.9 Å². The second kappa shape index (κ2) is 12.2. The maximum atomic E-state index is 12.9. The van der Waals surface area contributed by atoms with Crippen LogP contribution < -0.4 is 16.0 Å². The molecule has 0 aliphatic carbocycles. The van der Waals surface area contributed by atoms with Gasteiger partial charge in [-0.25, -0.2) is 0 Å². The average molecular weight is 503 g/mol. The highest BCUT2D eigenvalue weighted by Gasteiger charge is 2.17. The number of hydrogen-bond acceptors (Lipinski definition) is 5. The van der Waals surface area contributed by atoms with Crippen molar-refractivity contribution in [3.63, 3.8) is 0 Å². The molecule has 0 radical (unpaired) electrons. The molecule has 3 N–H and O–H groups in total. The van der Waals surface area contributed by atoms with Crippen molar-refractivity contribution in [2.75, 3.05) is 32.7 Å². The summed E-state index contributed by atoms with van der Waals surface area (Å²) in [6, 6.07) is 21.9. The first-order valence-electron chi connectivity index (χ1n) is 13.3. The minimum Gasteiger partial charge on any atom is -0.347 e. The zero-order chi connectivity index (χ0) is 24.7. The van der Waals surface area contributed by atoms with Crippen LogP contribution in [-0.4, -0.2) is 49.6 Å². The summed E-state index contributed by atoms with van der Waals surface area (Å²) in [7, 11) is 0. The number of nitrogens with zero attached hydrogens (tertiary/aromatic N) is 1. The zero-order valence-electron chi connectivity index (χ0n) is 21.3. The molecule has 5 nitrogen and oxygen atoms in total. The van der Waals surface area contributed by atoms with E-state index in [1.807, 2.05) is 12.1 Å². The lowest BCUT2D eigenvalue weighted by Crippen LogP contribution is -2.48. The summed E-state index contributed by atoms with van der Waals surface area (Å²) in [5.74, 6) is 0.720. The predicted molar refractivity (Wildman–Crippen MR) is 149 cm³/mol. The maximum Gasteiger partial charge on any atom is 0.251 e. The normalized spacial score (nSPS) is 19.3. The number of piperazine rings is 1. The third kappa shape index (κ3) is 6.83. The molecular weight excluding hydrogens is 464 g/mol.